The SMILES string of the molecule is NS(=O)(=O)c1ccc(CN2C(=O)c3ccc(Cl)c(Cl)c3C2=O)cc1. The smallest absolute Gasteiger partial charge is 0.263 e. The monoisotopic (exact) mass is 384 g/mol. The number of fused-ring (bicyclic) bond motifs is 1. The Morgan fingerprint density at radius 3 is 2.17 bits per heavy atom. The van der Waals surface area contributed by atoms with Gasteiger partial charge in [0.2, 0.25) is 10.0 Å². The number of sulfonamides is 1. The Balaban J connectivity index is 1.91. The van der Waals surface area contributed by atoms with Crippen LogP contribution in [-0.2, 0) is 16.6 Å². The molecule has 0 aliphatic carbocycles. The molecule has 6 nitrogen and oxygen atoms in total. The number of amides is 2. The minimum Gasteiger partial charge on any atom is -0.270 e. The van der Waals surface area contributed by atoms with Crippen molar-refractivity contribution < 1.29 is 18.0 Å². The number of rotatable bonds is 3. The third-order valence-corrected chi connectivity index (χ3v) is 5.36. The van der Waals surface area contributed by atoms with Crippen LogP contribution in [0, 0.1) is 0 Å². The zero-order chi connectivity index (χ0) is 17.6. The van der Waals surface area contributed by atoms with Crippen LogP contribution in [0.3, 0.4) is 0 Å². The summed E-state index contributed by atoms with van der Waals surface area (Å²) in [4.78, 5) is 25.8. The van der Waals surface area contributed by atoms with Crippen molar-refractivity contribution in [3.8, 4) is 0 Å². The number of benzene rings is 2. The van der Waals surface area contributed by atoms with Crippen molar-refractivity contribution in [2.45, 2.75) is 11.4 Å². The van der Waals surface area contributed by atoms with Gasteiger partial charge in [-0.1, -0.05) is 35.3 Å². The molecule has 2 N–H and O–H groups in total. The number of imide groups is 1. The van der Waals surface area contributed by atoms with Crippen molar-refractivity contribution in [3.05, 3.63) is 63.1 Å². The van der Waals surface area contributed by atoms with Crippen LogP contribution in [0.5, 0.6) is 0 Å². The summed E-state index contributed by atoms with van der Waals surface area (Å²) in [5, 5.41) is 5.26. The molecule has 2 amide bonds. The van der Waals surface area contributed by atoms with Gasteiger partial charge in [0.25, 0.3) is 11.8 Å². The Bertz CT molecular complexity index is 972. The molecule has 1 aliphatic rings. The van der Waals surface area contributed by atoms with E-state index < -0.39 is 21.8 Å². The fraction of sp³-hybridized carbons (Fsp3) is 0.0667. The summed E-state index contributed by atoms with van der Waals surface area (Å²) in [6.45, 7) is -0.0226. The molecular weight excluding hydrogens is 375 g/mol. The van der Waals surface area contributed by atoms with E-state index in [2.05, 4.69) is 0 Å². The number of hydrogen-bond donors (Lipinski definition) is 1. The van der Waals surface area contributed by atoms with Crippen LogP contribution >= 0.6 is 23.2 Å². The number of halogens is 2. The van der Waals surface area contributed by atoms with Crippen LogP contribution in [0.1, 0.15) is 26.3 Å². The number of carbonyl (C=O) groups is 2. The second kappa shape index (κ2) is 5.86. The Morgan fingerprint density at radius 2 is 1.58 bits per heavy atom. The Morgan fingerprint density at radius 1 is 0.958 bits per heavy atom. The standard InChI is InChI=1S/C15H10Cl2N2O4S/c16-11-6-5-10-12(13(11)17)15(21)19(14(10)20)7-8-1-3-9(4-2-8)24(18,22)23/h1-6H,7H2,(H2,18,22,23). The van der Waals surface area contributed by atoms with Gasteiger partial charge in [-0.25, -0.2) is 13.6 Å². The van der Waals surface area contributed by atoms with E-state index in [0.717, 1.165) is 4.90 Å². The highest BCUT2D eigenvalue weighted by Crippen LogP contribution is 2.34. The normalized spacial score (nSPS) is 14.2. The lowest BCUT2D eigenvalue weighted by Gasteiger charge is -2.14. The molecule has 24 heavy (non-hydrogen) atoms. The fourth-order valence-corrected chi connectivity index (χ4v) is 3.34. The first-order valence-corrected chi connectivity index (χ1v) is 8.96. The van der Waals surface area contributed by atoms with Gasteiger partial charge in [-0.2, -0.15) is 0 Å². The highest BCUT2D eigenvalue weighted by Gasteiger charge is 2.37. The van der Waals surface area contributed by atoms with E-state index in [1.807, 2.05) is 0 Å². The van der Waals surface area contributed by atoms with E-state index >= 15 is 0 Å². The van der Waals surface area contributed by atoms with E-state index in [0.29, 0.717) is 5.56 Å². The van der Waals surface area contributed by atoms with Gasteiger partial charge < -0.3 is 0 Å². The van der Waals surface area contributed by atoms with E-state index in [-0.39, 0.29) is 32.6 Å². The van der Waals surface area contributed by atoms with Crippen molar-refractivity contribution in [3.63, 3.8) is 0 Å². The molecule has 0 saturated carbocycles. The average Bonchev–Trinajstić information content (AvgIpc) is 2.76. The molecule has 3 rings (SSSR count). The van der Waals surface area contributed by atoms with Crippen molar-refractivity contribution in [1.29, 1.82) is 0 Å². The van der Waals surface area contributed by atoms with E-state index in [9.17, 15) is 18.0 Å². The lowest BCUT2D eigenvalue weighted by atomic mass is 10.1. The van der Waals surface area contributed by atoms with Gasteiger partial charge in [0, 0.05) is 0 Å². The van der Waals surface area contributed by atoms with Crippen LogP contribution in [0.25, 0.3) is 0 Å². The summed E-state index contributed by atoms with van der Waals surface area (Å²) in [5.41, 5.74) is 0.838. The summed E-state index contributed by atoms with van der Waals surface area (Å²) in [6.07, 6.45) is 0. The van der Waals surface area contributed by atoms with Crippen molar-refractivity contribution in [1.82, 2.24) is 4.90 Å². The first kappa shape index (κ1) is 16.9. The molecule has 0 bridgehead atoms. The zero-order valence-corrected chi connectivity index (χ0v) is 14.3. The molecule has 1 aliphatic heterocycles. The molecule has 0 saturated heterocycles. The fourth-order valence-electron chi connectivity index (χ4n) is 2.42. The number of nitrogens with zero attached hydrogens (tertiary/aromatic N) is 1. The van der Waals surface area contributed by atoms with Gasteiger partial charge in [-0.05, 0) is 29.8 Å². The van der Waals surface area contributed by atoms with Crippen molar-refractivity contribution in [2.24, 2.45) is 5.14 Å². The van der Waals surface area contributed by atoms with Crippen LogP contribution < -0.4 is 5.14 Å². The van der Waals surface area contributed by atoms with Gasteiger partial charge in [0.1, 0.15) is 0 Å². The predicted molar refractivity (Wildman–Crippen MR) is 88.5 cm³/mol. The second-order valence-corrected chi connectivity index (χ2v) is 7.52. The summed E-state index contributed by atoms with van der Waals surface area (Å²) in [6, 6.07) is 8.50. The zero-order valence-electron chi connectivity index (χ0n) is 12.0. The lowest BCUT2D eigenvalue weighted by molar-refractivity contribution is 0.0642. The molecule has 0 spiro atoms. The molecule has 124 valence electrons. The molecule has 2 aromatic rings. The van der Waals surface area contributed by atoms with Crippen molar-refractivity contribution >= 4 is 45.0 Å². The lowest BCUT2D eigenvalue weighted by Crippen LogP contribution is -2.29. The van der Waals surface area contributed by atoms with E-state index in [4.69, 9.17) is 28.3 Å². The average molecular weight is 385 g/mol. The highest BCUT2D eigenvalue weighted by molar-refractivity contribution is 7.89. The summed E-state index contributed by atoms with van der Waals surface area (Å²) < 4.78 is 22.5. The summed E-state index contributed by atoms with van der Waals surface area (Å²) in [7, 11) is -3.80. The molecule has 0 radical (unpaired) electrons. The van der Waals surface area contributed by atoms with Gasteiger partial charge >= 0.3 is 0 Å². The Labute approximate surface area is 147 Å². The maximum Gasteiger partial charge on any atom is 0.263 e. The van der Waals surface area contributed by atoms with Gasteiger partial charge in [-0.3, -0.25) is 14.5 Å². The van der Waals surface area contributed by atoms with Crippen LogP contribution in [0.15, 0.2) is 41.3 Å². The molecule has 0 atom stereocenters. The number of primary sulfonamides is 1. The molecule has 2 aromatic carbocycles. The number of hydrogen-bond acceptors (Lipinski definition) is 4. The highest BCUT2D eigenvalue weighted by atomic mass is 35.5. The third-order valence-electron chi connectivity index (χ3n) is 3.62. The summed E-state index contributed by atoms with van der Waals surface area (Å²) >= 11 is 11.9. The first-order chi connectivity index (χ1) is 11.2. The minimum atomic E-state index is -3.80. The Kier molecular flexibility index (Phi) is 4.13. The molecular formula is C15H10Cl2N2O4S. The minimum absolute atomic E-state index is 0.0226. The van der Waals surface area contributed by atoms with Crippen LogP contribution in [-0.4, -0.2) is 25.1 Å². The van der Waals surface area contributed by atoms with Gasteiger partial charge in [0.15, 0.2) is 0 Å². The topological polar surface area (TPSA) is 97.5 Å². The summed E-state index contributed by atoms with van der Waals surface area (Å²) in [5.74, 6) is -1.03. The Hall–Kier alpha value is -1.93. The molecule has 0 aromatic heterocycles. The maximum atomic E-state index is 12.5. The molecule has 9 heteroatoms. The number of carbonyl (C=O) groups excluding carboxylic acids is 2. The molecule has 0 fully saturated rings. The van der Waals surface area contributed by atoms with Crippen molar-refractivity contribution in [2.75, 3.05) is 0 Å². The van der Waals surface area contributed by atoms with Crippen LogP contribution in [0.4, 0.5) is 0 Å². The van der Waals surface area contributed by atoms with Gasteiger partial charge in [0.05, 0.1) is 32.6 Å². The van der Waals surface area contributed by atoms with E-state index in [1.165, 1.54) is 36.4 Å². The van der Waals surface area contributed by atoms with Crippen LogP contribution in [0.2, 0.25) is 10.0 Å². The quantitative estimate of drug-likeness (QED) is 0.821. The maximum absolute atomic E-state index is 12.5. The predicted octanol–water partition coefficient (Wildman–Crippen LogP) is 2.44. The molecule has 0 unspecified atom stereocenters. The third kappa shape index (κ3) is 2.80. The first-order valence-electron chi connectivity index (χ1n) is 6.66. The molecule has 1 heterocycles. The van der Waals surface area contributed by atoms with E-state index in [1.54, 1.807) is 0 Å². The second-order valence-electron chi connectivity index (χ2n) is 5.17. The largest absolute Gasteiger partial charge is 0.270 e. The number of nitrogens with two attached hydrogens (primary N) is 1. The van der Waals surface area contributed by atoms with Gasteiger partial charge in [-0.15, -0.1) is 0 Å².